The van der Waals surface area contributed by atoms with Gasteiger partial charge in [0.1, 0.15) is 0 Å². The summed E-state index contributed by atoms with van der Waals surface area (Å²) >= 11 is 1.22. The van der Waals surface area contributed by atoms with Crippen LogP contribution in [0.4, 0.5) is 9.59 Å². The van der Waals surface area contributed by atoms with Crippen LogP contribution in [0.2, 0.25) is 0 Å². The van der Waals surface area contributed by atoms with Crippen LogP contribution in [0.3, 0.4) is 0 Å². The third-order valence-electron chi connectivity index (χ3n) is 2.18. The minimum atomic E-state index is -0.415. The second-order valence-corrected chi connectivity index (χ2v) is 5.73. The third kappa shape index (κ3) is 6.60. The second-order valence-electron chi connectivity index (χ2n) is 3.71. The number of amides is 2. The Morgan fingerprint density at radius 3 is 1.40 bits per heavy atom. The molecule has 1 aliphatic heterocycles. The molecule has 0 aromatic carbocycles. The Bertz CT molecular complexity index is 371. The lowest BCUT2D eigenvalue weighted by atomic mass is 10.4. The molecule has 20 heavy (non-hydrogen) atoms. The van der Waals surface area contributed by atoms with Crippen molar-refractivity contribution in [1.29, 1.82) is 10.8 Å². The molecule has 2 amide bonds. The van der Waals surface area contributed by atoms with Gasteiger partial charge in [-0.2, -0.15) is 0 Å². The van der Waals surface area contributed by atoms with Gasteiger partial charge in [-0.25, -0.2) is 10.0 Å². The van der Waals surface area contributed by atoms with Crippen molar-refractivity contribution in [3.8, 4) is 0 Å². The van der Waals surface area contributed by atoms with Crippen LogP contribution in [0.1, 0.15) is 0 Å². The fraction of sp³-hybridized carbons (Fsp3) is 0.500. The van der Waals surface area contributed by atoms with Crippen LogP contribution in [0.15, 0.2) is 0 Å². The molecule has 1 saturated heterocycles. The molecule has 0 spiro atoms. The van der Waals surface area contributed by atoms with Crippen molar-refractivity contribution in [3.63, 3.8) is 0 Å². The number of amidine groups is 2. The van der Waals surface area contributed by atoms with Crippen molar-refractivity contribution in [2.24, 2.45) is 11.5 Å². The minimum absolute atomic E-state index is 0.269. The number of nitrogens with one attached hydrogen (secondary N) is 4. The zero-order chi connectivity index (χ0) is 15.1. The lowest BCUT2D eigenvalue weighted by Gasteiger charge is -2.34. The third-order valence-corrected chi connectivity index (χ3v) is 3.18. The molecule has 0 unspecified atom stereocenters. The van der Waals surface area contributed by atoms with Crippen LogP contribution in [-0.2, 0) is 0 Å². The topological polar surface area (TPSA) is 164 Å². The Hall–Kier alpha value is -1.50. The molecule has 0 aromatic heterocycles. The SMILES string of the molecule is N=C(N)SC(=O)NN1CCN(NC(=O)SC(=N)N)CC1. The Kier molecular flexibility index (Phi) is 6.57. The first-order valence-electron chi connectivity index (χ1n) is 5.51. The lowest BCUT2D eigenvalue weighted by molar-refractivity contribution is 0.0815. The van der Waals surface area contributed by atoms with Crippen LogP contribution < -0.4 is 22.3 Å². The Balaban J connectivity index is 2.26. The maximum atomic E-state index is 11.4. The smallest absolute Gasteiger partial charge is 0.301 e. The number of hydrazine groups is 2. The number of nitrogens with zero attached hydrogens (tertiary/aromatic N) is 2. The van der Waals surface area contributed by atoms with Gasteiger partial charge in [0.25, 0.3) is 0 Å². The number of piperazine rings is 1. The van der Waals surface area contributed by atoms with Crippen molar-refractivity contribution in [2.45, 2.75) is 0 Å². The molecule has 0 radical (unpaired) electrons. The number of carbonyl (C=O) groups excluding carboxylic acids is 2. The normalized spacial score (nSPS) is 16.4. The zero-order valence-corrected chi connectivity index (χ0v) is 12.1. The van der Waals surface area contributed by atoms with Crippen molar-refractivity contribution in [3.05, 3.63) is 0 Å². The summed E-state index contributed by atoms with van der Waals surface area (Å²) in [6.07, 6.45) is 0. The van der Waals surface area contributed by atoms with E-state index in [0.717, 1.165) is 0 Å². The molecule has 0 saturated carbocycles. The summed E-state index contributed by atoms with van der Waals surface area (Å²) in [4.78, 5) is 22.7. The van der Waals surface area contributed by atoms with Gasteiger partial charge in [-0.3, -0.25) is 31.3 Å². The first-order chi connectivity index (χ1) is 9.36. The molecule has 0 atom stereocenters. The predicted molar refractivity (Wildman–Crippen MR) is 79.2 cm³/mol. The van der Waals surface area contributed by atoms with Crippen LogP contribution in [0.25, 0.3) is 0 Å². The van der Waals surface area contributed by atoms with E-state index in [-0.39, 0.29) is 10.3 Å². The summed E-state index contributed by atoms with van der Waals surface area (Å²) in [5.74, 6) is 0. The summed E-state index contributed by atoms with van der Waals surface area (Å²) in [5, 5.41) is 16.0. The van der Waals surface area contributed by atoms with E-state index in [1.165, 1.54) is 0 Å². The average molecular weight is 320 g/mol. The summed E-state index contributed by atoms with van der Waals surface area (Å²) < 4.78 is 0. The molecular formula is C8H16N8O2S2. The molecule has 0 aromatic rings. The summed E-state index contributed by atoms with van der Waals surface area (Å²) in [5.41, 5.74) is 15.4. The Morgan fingerprint density at radius 2 is 1.15 bits per heavy atom. The molecule has 1 aliphatic rings. The molecule has 1 heterocycles. The minimum Gasteiger partial charge on any atom is -0.378 e. The monoisotopic (exact) mass is 320 g/mol. The highest BCUT2D eigenvalue weighted by atomic mass is 32.2. The zero-order valence-electron chi connectivity index (χ0n) is 10.5. The highest BCUT2D eigenvalue weighted by Gasteiger charge is 2.20. The van der Waals surface area contributed by atoms with E-state index in [2.05, 4.69) is 10.9 Å². The van der Waals surface area contributed by atoms with Gasteiger partial charge in [0.05, 0.1) is 0 Å². The summed E-state index contributed by atoms with van der Waals surface area (Å²) in [6, 6.07) is 0. The van der Waals surface area contributed by atoms with Crippen LogP contribution in [0, 0.1) is 10.8 Å². The van der Waals surface area contributed by atoms with Crippen molar-refractivity contribution < 1.29 is 9.59 Å². The Morgan fingerprint density at radius 1 is 0.850 bits per heavy atom. The van der Waals surface area contributed by atoms with Gasteiger partial charge >= 0.3 is 10.5 Å². The number of nitrogens with two attached hydrogens (primary N) is 2. The van der Waals surface area contributed by atoms with Gasteiger partial charge in [0.2, 0.25) is 0 Å². The molecule has 1 fully saturated rings. The first kappa shape index (κ1) is 16.6. The molecular weight excluding hydrogens is 304 g/mol. The summed E-state index contributed by atoms with van der Waals surface area (Å²) in [7, 11) is 0. The molecule has 12 heteroatoms. The van der Waals surface area contributed by atoms with Crippen molar-refractivity contribution in [2.75, 3.05) is 26.2 Å². The van der Waals surface area contributed by atoms with Crippen LogP contribution >= 0.6 is 23.5 Å². The van der Waals surface area contributed by atoms with Gasteiger partial charge in [0, 0.05) is 49.7 Å². The van der Waals surface area contributed by atoms with Gasteiger partial charge in [-0.1, -0.05) is 0 Å². The van der Waals surface area contributed by atoms with Gasteiger partial charge in [-0.15, -0.1) is 0 Å². The van der Waals surface area contributed by atoms with Gasteiger partial charge in [0.15, 0.2) is 10.3 Å². The molecule has 8 N–H and O–H groups in total. The summed E-state index contributed by atoms with van der Waals surface area (Å²) in [6.45, 7) is 2.04. The van der Waals surface area contributed by atoms with E-state index in [1.54, 1.807) is 10.0 Å². The lowest BCUT2D eigenvalue weighted by Crippen LogP contribution is -2.57. The van der Waals surface area contributed by atoms with Crippen molar-refractivity contribution >= 4 is 44.3 Å². The molecule has 112 valence electrons. The molecule has 0 bridgehead atoms. The molecule has 0 aliphatic carbocycles. The van der Waals surface area contributed by atoms with E-state index in [9.17, 15) is 9.59 Å². The standard InChI is InChI=1S/C8H16N8O2S2/c9-5(10)19-7(17)13-15-1-2-16(4-3-15)14-8(18)20-6(11)12/h1-4H2,(H3,9,10)(H3,11,12)(H,13,17)(H,14,18). The predicted octanol–water partition coefficient (Wildman–Crippen LogP) is -0.893. The maximum Gasteiger partial charge on any atom is 0.301 e. The highest BCUT2D eigenvalue weighted by Crippen LogP contribution is 2.04. The number of thioether (sulfide) groups is 2. The molecule has 1 rings (SSSR count). The van der Waals surface area contributed by atoms with E-state index in [4.69, 9.17) is 22.3 Å². The Labute approximate surface area is 123 Å². The van der Waals surface area contributed by atoms with E-state index in [0.29, 0.717) is 49.7 Å². The fourth-order valence-corrected chi connectivity index (χ4v) is 2.18. The maximum absolute atomic E-state index is 11.4. The van der Waals surface area contributed by atoms with E-state index < -0.39 is 10.5 Å². The van der Waals surface area contributed by atoms with Gasteiger partial charge < -0.3 is 11.5 Å². The van der Waals surface area contributed by atoms with Crippen molar-refractivity contribution in [1.82, 2.24) is 20.9 Å². The van der Waals surface area contributed by atoms with Crippen LogP contribution in [-0.4, -0.2) is 57.0 Å². The fourth-order valence-electron chi connectivity index (χ4n) is 1.43. The van der Waals surface area contributed by atoms with E-state index >= 15 is 0 Å². The largest absolute Gasteiger partial charge is 0.378 e. The van der Waals surface area contributed by atoms with Crippen LogP contribution in [0.5, 0.6) is 0 Å². The first-order valence-corrected chi connectivity index (χ1v) is 7.15. The number of carbonyl (C=O) groups is 2. The van der Waals surface area contributed by atoms with Gasteiger partial charge in [-0.05, 0) is 0 Å². The highest BCUT2D eigenvalue weighted by molar-refractivity contribution is 8.26. The number of hydrogen-bond acceptors (Lipinski definition) is 8. The number of rotatable bonds is 2. The van der Waals surface area contributed by atoms with E-state index in [1.807, 2.05) is 0 Å². The second kappa shape index (κ2) is 7.94. The quantitative estimate of drug-likeness (QED) is 0.281. The average Bonchev–Trinajstić information content (AvgIpc) is 2.29. The number of hydrogen-bond donors (Lipinski definition) is 6. The molecule has 10 nitrogen and oxygen atoms in total.